The summed E-state index contributed by atoms with van der Waals surface area (Å²) in [5, 5.41) is 4.39. The highest BCUT2D eigenvalue weighted by Crippen LogP contribution is 2.15. The number of hydrogen-bond donors (Lipinski definition) is 0. The van der Waals surface area contributed by atoms with Crippen LogP contribution in [0.15, 0.2) is 6.20 Å². The van der Waals surface area contributed by atoms with Gasteiger partial charge in [-0.25, -0.2) is 0 Å². The Bertz CT molecular complexity index is 323. The number of ether oxygens (including phenoxy) is 1. The minimum atomic E-state index is 0.318. The predicted molar refractivity (Wildman–Crippen MR) is 74.3 cm³/mol. The Labute approximate surface area is 112 Å². The topological polar surface area (TPSA) is 27.1 Å². The molecule has 1 atom stereocenters. The Morgan fingerprint density at radius 1 is 1.44 bits per heavy atom. The first kappa shape index (κ1) is 14.0. The summed E-state index contributed by atoms with van der Waals surface area (Å²) in [4.78, 5) is 0. The van der Waals surface area contributed by atoms with E-state index in [9.17, 15) is 0 Å². The highest BCUT2D eigenvalue weighted by Gasteiger charge is 2.11. The summed E-state index contributed by atoms with van der Waals surface area (Å²) in [5.74, 6) is 0.609. The molecule has 0 aliphatic rings. The fourth-order valence-electron chi connectivity index (χ4n) is 1.37. The highest BCUT2D eigenvalue weighted by molar-refractivity contribution is 14.1. The average Bonchev–Trinajstić information content (AvgIpc) is 2.56. The van der Waals surface area contributed by atoms with Crippen LogP contribution in [0.5, 0.6) is 0 Å². The van der Waals surface area contributed by atoms with Crippen LogP contribution in [0, 0.1) is 9.49 Å². The summed E-state index contributed by atoms with van der Waals surface area (Å²) in [7, 11) is 0. The largest absolute Gasteiger partial charge is 0.372 e. The fraction of sp³-hybridized carbons (Fsp3) is 0.750. The maximum atomic E-state index is 5.77. The van der Waals surface area contributed by atoms with Crippen LogP contribution in [0.3, 0.4) is 0 Å². The lowest BCUT2D eigenvalue weighted by Gasteiger charge is -2.13. The summed E-state index contributed by atoms with van der Waals surface area (Å²) in [5.41, 5.74) is 1.20. The quantitative estimate of drug-likeness (QED) is 0.744. The van der Waals surface area contributed by atoms with E-state index in [0.717, 1.165) is 13.0 Å². The normalized spacial score (nSPS) is 13.4. The van der Waals surface area contributed by atoms with E-state index < -0.39 is 0 Å². The third-order valence-corrected chi connectivity index (χ3v) is 3.42. The van der Waals surface area contributed by atoms with Gasteiger partial charge in [0, 0.05) is 6.54 Å². The third-order valence-electron chi connectivity index (χ3n) is 2.52. The lowest BCUT2D eigenvalue weighted by molar-refractivity contribution is 0.0459. The lowest BCUT2D eigenvalue weighted by Crippen LogP contribution is -2.14. The number of rotatable bonds is 6. The molecule has 0 aliphatic carbocycles. The predicted octanol–water partition coefficient (Wildman–Crippen LogP) is 3.46. The highest BCUT2D eigenvalue weighted by atomic mass is 127. The molecule has 16 heavy (non-hydrogen) atoms. The van der Waals surface area contributed by atoms with Crippen molar-refractivity contribution in [3.05, 3.63) is 15.5 Å². The first-order chi connectivity index (χ1) is 7.54. The summed E-state index contributed by atoms with van der Waals surface area (Å²) in [6, 6.07) is 0. The van der Waals surface area contributed by atoms with E-state index in [1.807, 2.05) is 6.20 Å². The summed E-state index contributed by atoms with van der Waals surface area (Å²) in [6.07, 6.45) is 3.28. The lowest BCUT2D eigenvalue weighted by atomic mass is 10.2. The zero-order valence-electron chi connectivity index (χ0n) is 10.5. The molecule has 1 aromatic heterocycles. The first-order valence-corrected chi connectivity index (χ1v) is 6.94. The van der Waals surface area contributed by atoms with Crippen LogP contribution in [0.2, 0.25) is 0 Å². The third kappa shape index (κ3) is 4.05. The molecule has 92 valence electrons. The molecular formula is C12H21IN2O. The van der Waals surface area contributed by atoms with Gasteiger partial charge in [-0.3, -0.25) is 4.68 Å². The monoisotopic (exact) mass is 336 g/mol. The van der Waals surface area contributed by atoms with Crippen molar-refractivity contribution in [1.82, 2.24) is 9.78 Å². The van der Waals surface area contributed by atoms with Crippen molar-refractivity contribution < 1.29 is 4.74 Å². The minimum Gasteiger partial charge on any atom is -0.372 e. The number of hydrogen-bond acceptors (Lipinski definition) is 2. The molecule has 0 bridgehead atoms. The standard InChI is InChI=1S/C12H21IN2O/c1-5-10(4)16-8-12-11(13)6-14-15(12)7-9(2)3/h6,9-10H,5,7-8H2,1-4H3/t10-/m1/s1. The number of halogens is 1. The van der Waals surface area contributed by atoms with Gasteiger partial charge in [-0.2, -0.15) is 5.10 Å². The van der Waals surface area contributed by atoms with Crippen molar-refractivity contribution in [2.75, 3.05) is 0 Å². The molecular weight excluding hydrogens is 315 g/mol. The van der Waals surface area contributed by atoms with E-state index in [2.05, 4.69) is 60.1 Å². The molecule has 0 saturated heterocycles. The van der Waals surface area contributed by atoms with Gasteiger partial charge in [-0.1, -0.05) is 20.8 Å². The zero-order valence-corrected chi connectivity index (χ0v) is 12.7. The molecule has 0 amide bonds. The van der Waals surface area contributed by atoms with Crippen LogP contribution in [0.1, 0.15) is 39.8 Å². The molecule has 3 nitrogen and oxygen atoms in total. The molecule has 0 unspecified atom stereocenters. The van der Waals surface area contributed by atoms with Gasteiger partial charge in [0.15, 0.2) is 0 Å². The van der Waals surface area contributed by atoms with Crippen LogP contribution < -0.4 is 0 Å². The molecule has 0 spiro atoms. The Hall–Kier alpha value is -0.100. The van der Waals surface area contributed by atoms with Gasteiger partial charge in [0.2, 0.25) is 0 Å². The van der Waals surface area contributed by atoms with E-state index in [1.165, 1.54) is 9.26 Å². The van der Waals surface area contributed by atoms with Gasteiger partial charge >= 0.3 is 0 Å². The van der Waals surface area contributed by atoms with Crippen molar-refractivity contribution in [2.24, 2.45) is 5.92 Å². The van der Waals surface area contributed by atoms with Crippen LogP contribution in [0.4, 0.5) is 0 Å². The van der Waals surface area contributed by atoms with Gasteiger partial charge in [-0.05, 0) is 41.9 Å². The molecule has 4 heteroatoms. The summed E-state index contributed by atoms with van der Waals surface area (Å²) in [6.45, 7) is 10.3. The van der Waals surface area contributed by atoms with Crippen LogP contribution in [-0.4, -0.2) is 15.9 Å². The van der Waals surface area contributed by atoms with Crippen LogP contribution in [-0.2, 0) is 17.9 Å². The second kappa shape index (κ2) is 6.59. The van der Waals surface area contributed by atoms with E-state index >= 15 is 0 Å². The molecule has 0 N–H and O–H groups in total. The van der Waals surface area contributed by atoms with Gasteiger partial charge in [0.05, 0.1) is 28.2 Å². The maximum absolute atomic E-state index is 5.77. The van der Waals surface area contributed by atoms with E-state index in [-0.39, 0.29) is 0 Å². The van der Waals surface area contributed by atoms with Crippen molar-refractivity contribution in [2.45, 2.75) is 53.4 Å². The van der Waals surface area contributed by atoms with Gasteiger partial charge in [0.25, 0.3) is 0 Å². The van der Waals surface area contributed by atoms with Gasteiger partial charge in [-0.15, -0.1) is 0 Å². The zero-order chi connectivity index (χ0) is 12.1. The second-order valence-electron chi connectivity index (χ2n) is 4.55. The average molecular weight is 336 g/mol. The molecule has 0 saturated carbocycles. The van der Waals surface area contributed by atoms with E-state index in [0.29, 0.717) is 18.6 Å². The molecule has 0 aliphatic heterocycles. The van der Waals surface area contributed by atoms with Crippen LogP contribution in [0.25, 0.3) is 0 Å². The van der Waals surface area contributed by atoms with Crippen LogP contribution >= 0.6 is 22.6 Å². The molecule has 0 fully saturated rings. The molecule has 1 rings (SSSR count). The minimum absolute atomic E-state index is 0.318. The number of nitrogens with zero attached hydrogens (tertiary/aromatic N) is 2. The molecule has 1 heterocycles. The maximum Gasteiger partial charge on any atom is 0.0899 e. The van der Waals surface area contributed by atoms with Crippen molar-refractivity contribution >= 4 is 22.6 Å². The Morgan fingerprint density at radius 3 is 2.69 bits per heavy atom. The molecule has 0 radical (unpaired) electrons. The van der Waals surface area contributed by atoms with Gasteiger partial charge < -0.3 is 4.74 Å². The van der Waals surface area contributed by atoms with Crippen molar-refractivity contribution in [1.29, 1.82) is 0 Å². The second-order valence-corrected chi connectivity index (χ2v) is 5.71. The van der Waals surface area contributed by atoms with Crippen molar-refractivity contribution in [3.8, 4) is 0 Å². The Morgan fingerprint density at radius 2 is 2.12 bits per heavy atom. The smallest absolute Gasteiger partial charge is 0.0899 e. The Balaban J connectivity index is 2.66. The first-order valence-electron chi connectivity index (χ1n) is 5.86. The van der Waals surface area contributed by atoms with E-state index in [1.54, 1.807) is 0 Å². The number of aromatic nitrogens is 2. The molecule has 1 aromatic rings. The molecule has 0 aromatic carbocycles. The van der Waals surface area contributed by atoms with Crippen molar-refractivity contribution in [3.63, 3.8) is 0 Å². The SMILES string of the molecule is CC[C@@H](C)OCc1c(I)cnn1CC(C)C. The van der Waals surface area contributed by atoms with E-state index in [4.69, 9.17) is 4.74 Å². The Kier molecular flexibility index (Phi) is 5.75. The van der Waals surface area contributed by atoms with Gasteiger partial charge in [0.1, 0.15) is 0 Å². The summed E-state index contributed by atoms with van der Waals surface area (Å²) >= 11 is 2.32. The fourth-order valence-corrected chi connectivity index (χ4v) is 1.93. The summed E-state index contributed by atoms with van der Waals surface area (Å²) < 4.78 is 9.03.